The molecule has 2 aromatic rings. The van der Waals surface area contributed by atoms with Crippen LogP contribution in [0.25, 0.3) is 0 Å². The molecular weight excluding hydrogens is 290 g/mol. The molecule has 2 aliphatic carbocycles. The van der Waals surface area contributed by atoms with Gasteiger partial charge in [-0.1, -0.05) is 0 Å². The molecule has 23 heavy (non-hydrogen) atoms. The highest BCUT2D eigenvalue weighted by Crippen LogP contribution is 2.28. The van der Waals surface area contributed by atoms with Crippen molar-refractivity contribution in [2.45, 2.75) is 63.6 Å². The Kier molecular flexibility index (Phi) is 3.99. The molecular formula is C17H23N5O. The van der Waals surface area contributed by atoms with Gasteiger partial charge >= 0.3 is 0 Å². The molecule has 4 rings (SSSR count). The van der Waals surface area contributed by atoms with E-state index in [1.54, 1.807) is 4.68 Å². The zero-order valence-corrected chi connectivity index (χ0v) is 13.3. The van der Waals surface area contributed by atoms with Crippen molar-refractivity contribution in [2.75, 3.05) is 0 Å². The van der Waals surface area contributed by atoms with Crippen LogP contribution in [0.1, 0.15) is 55.0 Å². The Bertz CT molecular complexity index is 713. The highest BCUT2D eigenvalue weighted by molar-refractivity contribution is 5.22. The van der Waals surface area contributed by atoms with Gasteiger partial charge in [-0.05, 0) is 50.5 Å². The van der Waals surface area contributed by atoms with E-state index < -0.39 is 0 Å². The predicted octanol–water partition coefficient (Wildman–Crippen LogP) is 1.73. The lowest BCUT2D eigenvalue weighted by Crippen LogP contribution is -2.36. The van der Waals surface area contributed by atoms with Gasteiger partial charge in [-0.3, -0.25) is 9.89 Å². The van der Waals surface area contributed by atoms with E-state index in [4.69, 9.17) is 0 Å². The highest BCUT2D eigenvalue weighted by atomic mass is 16.1. The van der Waals surface area contributed by atoms with E-state index in [2.05, 4.69) is 20.6 Å². The molecule has 2 heterocycles. The molecule has 1 saturated carbocycles. The van der Waals surface area contributed by atoms with E-state index in [1.165, 1.54) is 11.1 Å². The number of aryl methyl sites for hydroxylation is 2. The lowest BCUT2D eigenvalue weighted by Gasteiger charge is -2.29. The van der Waals surface area contributed by atoms with Gasteiger partial charge in [0.25, 0.3) is 5.56 Å². The van der Waals surface area contributed by atoms with Crippen LogP contribution in [0.2, 0.25) is 0 Å². The SMILES string of the molecule is O=c1cc2c(nn1C1CCC(NCc3cn[nH]c3)CC1)CCC2. The number of nitrogens with zero attached hydrogens (tertiary/aromatic N) is 3. The summed E-state index contributed by atoms with van der Waals surface area (Å²) in [7, 11) is 0. The Hall–Kier alpha value is -1.95. The fraction of sp³-hybridized carbons (Fsp3) is 0.588. The maximum Gasteiger partial charge on any atom is 0.267 e. The van der Waals surface area contributed by atoms with Crippen LogP contribution in [0.5, 0.6) is 0 Å². The molecule has 122 valence electrons. The van der Waals surface area contributed by atoms with Crippen molar-refractivity contribution >= 4 is 0 Å². The maximum atomic E-state index is 12.3. The van der Waals surface area contributed by atoms with E-state index >= 15 is 0 Å². The molecule has 0 spiro atoms. The molecule has 0 bridgehead atoms. The van der Waals surface area contributed by atoms with Gasteiger partial charge in [0, 0.05) is 30.4 Å². The monoisotopic (exact) mass is 313 g/mol. The van der Waals surface area contributed by atoms with Gasteiger partial charge in [0.05, 0.1) is 17.9 Å². The zero-order valence-electron chi connectivity index (χ0n) is 13.3. The summed E-state index contributed by atoms with van der Waals surface area (Å²) in [4.78, 5) is 12.3. The molecule has 0 unspecified atom stereocenters. The summed E-state index contributed by atoms with van der Waals surface area (Å²) in [5.41, 5.74) is 3.58. The van der Waals surface area contributed by atoms with Gasteiger partial charge in [0.15, 0.2) is 0 Å². The van der Waals surface area contributed by atoms with Crippen molar-refractivity contribution in [1.82, 2.24) is 25.3 Å². The normalized spacial score (nSPS) is 23.8. The molecule has 6 heteroatoms. The van der Waals surface area contributed by atoms with Crippen molar-refractivity contribution in [3.63, 3.8) is 0 Å². The molecule has 1 fully saturated rings. The fourth-order valence-electron chi connectivity index (χ4n) is 3.84. The van der Waals surface area contributed by atoms with Crippen LogP contribution in [0, 0.1) is 0 Å². The van der Waals surface area contributed by atoms with Crippen molar-refractivity contribution in [2.24, 2.45) is 0 Å². The summed E-state index contributed by atoms with van der Waals surface area (Å²) in [6, 6.07) is 2.60. The number of nitrogens with one attached hydrogen (secondary N) is 2. The van der Waals surface area contributed by atoms with E-state index in [0.717, 1.165) is 57.2 Å². The smallest absolute Gasteiger partial charge is 0.267 e. The average molecular weight is 313 g/mol. The second kappa shape index (κ2) is 6.28. The summed E-state index contributed by atoms with van der Waals surface area (Å²) < 4.78 is 1.76. The second-order valence-corrected chi connectivity index (χ2v) is 6.75. The van der Waals surface area contributed by atoms with Crippen LogP contribution in [-0.2, 0) is 19.4 Å². The largest absolute Gasteiger partial charge is 0.310 e. The van der Waals surface area contributed by atoms with E-state index in [9.17, 15) is 4.79 Å². The Morgan fingerprint density at radius 2 is 2.13 bits per heavy atom. The topological polar surface area (TPSA) is 75.6 Å². The maximum absolute atomic E-state index is 12.3. The first kappa shape index (κ1) is 14.6. The minimum Gasteiger partial charge on any atom is -0.310 e. The highest BCUT2D eigenvalue weighted by Gasteiger charge is 2.25. The molecule has 0 radical (unpaired) electrons. The van der Waals surface area contributed by atoms with Crippen LogP contribution >= 0.6 is 0 Å². The van der Waals surface area contributed by atoms with Crippen LogP contribution in [0.4, 0.5) is 0 Å². The number of fused-ring (bicyclic) bond motifs is 1. The standard InChI is InChI=1S/C17H23N5O/c23-17-8-13-2-1-3-16(13)21-22(17)15-6-4-14(5-7-15)18-9-12-10-19-20-11-12/h8,10-11,14-15,18H,1-7,9H2,(H,19,20). The number of hydrogen-bond donors (Lipinski definition) is 2. The van der Waals surface area contributed by atoms with Crippen LogP contribution in [-0.4, -0.2) is 26.0 Å². The van der Waals surface area contributed by atoms with E-state index in [-0.39, 0.29) is 11.6 Å². The van der Waals surface area contributed by atoms with Crippen molar-refractivity contribution in [3.05, 3.63) is 45.6 Å². The first-order valence-corrected chi connectivity index (χ1v) is 8.62. The second-order valence-electron chi connectivity index (χ2n) is 6.75. The molecule has 6 nitrogen and oxygen atoms in total. The fourth-order valence-corrected chi connectivity index (χ4v) is 3.84. The number of aromatic nitrogens is 4. The molecule has 0 saturated heterocycles. The quantitative estimate of drug-likeness (QED) is 0.901. The minimum absolute atomic E-state index is 0.0838. The van der Waals surface area contributed by atoms with Crippen LogP contribution in [0.15, 0.2) is 23.3 Å². The molecule has 2 aromatic heterocycles. The third kappa shape index (κ3) is 3.08. The number of hydrogen-bond acceptors (Lipinski definition) is 4. The van der Waals surface area contributed by atoms with Crippen LogP contribution in [0.3, 0.4) is 0 Å². The van der Waals surface area contributed by atoms with E-state index in [1.807, 2.05) is 18.5 Å². The van der Waals surface area contributed by atoms with Crippen molar-refractivity contribution in [1.29, 1.82) is 0 Å². The summed E-state index contributed by atoms with van der Waals surface area (Å²) in [5, 5.41) is 15.0. The lowest BCUT2D eigenvalue weighted by atomic mass is 9.91. The number of aromatic amines is 1. The Labute approximate surface area is 135 Å². The van der Waals surface area contributed by atoms with E-state index in [0.29, 0.717) is 6.04 Å². The van der Waals surface area contributed by atoms with Gasteiger partial charge in [0.1, 0.15) is 0 Å². The number of H-pyrrole nitrogens is 1. The predicted molar refractivity (Wildman–Crippen MR) is 87.2 cm³/mol. The summed E-state index contributed by atoms with van der Waals surface area (Å²) >= 11 is 0. The Morgan fingerprint density at radius 3 is 2.91 bits per heavy atom. The molecule has 0 amide bonds. The molecule has 2 N–H and O–H groups in total. The third-order valence-corrected chi connectivity index (χ3v) is 5.17. The average Bonchev–Trinajstić information content (AvgIpc) is 3.24. The molecule has 0 aliphatic heterocycles. The van der Waals surface area contributed by atoms with Crippen molar-refractivity contribution in [3.8, 4) is 0 Å². The Morgan fingerprint density at radius 1 is 1.26 bits per heavy atom. The van der Waals surface area contributed by atoms with Gasteiger partial charge in [0.2, 0.25) is 0 Å². The third-order valence-electron chi connectivity index (χ3n) is 5.17. The first-order chi connectivity index (χ1) is 11.3. The van der Waals surface area contributed by atoms with Gasteiger partial charge in [-0.15, -0.1) is 0 Å². The Balaban J connectivity index is 1.37. The molecule has 0 aromatic carbocycles. The summed E-state index contributed by atoms with van der Waals surface area (Å²) in [6.45, 7) is 0.850. The van der Waals surface area contributed by atoms with Gasteiger partial charge < -0.3 is 5.32 Å². The lowest BCUT2D eigenvalue weighted by molar-refractivity contribution is 0.267. The molecule has 0 atom stereocenters. The summed E-state index contributed by atoms with van der Waals surface area (Å²) in [6.07, 6.45) is 11.2. The van der Waals surface area contributed by atoms with Gasteiger partial charge in [-0.2, -0.15) is 10.2 Å². The van der Waals surface area contributed by atoms with Crippen molar-refractivity contribution < 1.29 is 0 Å². The zero-order chi connectivity index (χ0) is 15.6. The number of rotatable bonds is 4. The minimum atomic E-state index is 0.0838. The van der Waals surface area contributed by atoms with Gasteiger partial charge in [-0.25, -0.2) is 4.68 Å². The van der Waals surface area contributed by atoms with Crippen LogP contribution < -0.4 is 10.9 Å². The summed E-state index contributed by atoms with van der Waals surface area (Å²) in [5.74, 6) is 0. The first-order valence-electron chi connectivity index (χ1n) is 8.62. The molecule has 2 aliphatic rings.